The third-order valence-corrected chi connectivity index (χ3v) is 5.35. The molecule has 2 nitrogen and oxygen atoms in total. The number of rotatable bonds is 2. The highest BCUT2D eigenvalue weighted by molar-refractivity contribution is 7.85. The number of hydrogen-bond donors (Lipinski definition) is 1. The van der Waals surface area contributed by atoms with Gasteiger partial charge in [-0.05, 0) is 25.7 Å². The Morgan fingerprint density at radius 2 is 1.25 bits per heavy atom. The topological polar surface area (TPSA) is 29.1 Å². The fraction of sp³-hybridized carbons (Fsp3) is 1.00. The van der Waals surface area contributed by atoms with Crippen molar-refractivity contribution in [3.63, 3.8) is 0 Å². The third kappa shape index (κ3) is 4.17. The molecule has 1 aliphatic carbocycles. The summed E-state index contributed by atoms with van der Waals surface area (Å²) < 4.78 is 11.3. The SMILES string of the molecule is O=S1CCC(NC2CCCCCCC2)CC1. The first-order valence-electron chi connectivity index (χ1n) is 6.95. The molecule has 3 heteroatoms. The van der Waals surface area contributed by atoms with Gasteiger partial charge in [0, 0.05) is 34.4 Å². The number of hydrogen-bond acceptors (Lipinski definition) is 2. The fourth-order valence-corrected chi connectivity index (χ4v) is 4.22. The summed E-state index contributed by atoms with van der Waals surface area (Å²) in [5, 5.41) is 3.81. The third-order valence-electron chi connectivity index (χ3n) is 3.96. The summed E-state index contributed by atoms with van der Waals surface area (Å²) in [6.07, 6.45) is 12.1. The first-order valence-corrected chi connectivity index (χ1v) is 8.44. The van der Waals surface area contributed by atoms with Crippen LogP contribution in [0.1, 0.15) is 57.8 Å². The second-order valence-electron chi connectivity index (χ2n) is 5.33. The van der Waals surface area contributed by atoms with E-state index in [1.807, 2.05) is 0 Å². The molecule has 2 rings (SSSR count). The van der Waals surface area contributed by atoms with Gasteiger partial charge >= 0.3 is 0 Å². The second kappa shape index (κ2) is 6.75. The minimum Gasteiger partial charge on any atom is -0.311 e. The predicted molar refractivity (Wildman–Crippen MR) is 70.1 cm³/mol. The molecule has 0 spiro atoms. The van der Waals surface area contributed by atoms with Crippen molar-refractivity contribution in [2.45, 2.75) is 69.9 Å². The second-order valence-corrected chi connectivity index (χ2v) is 7.03. The minimum absolute atomic E-state index is 0.514. The van der Waals surface area contributed by atoms with Gasteiger partial charge in [0.15, 0.2) is 0 Å². The summed E-state index contributed by atoms with van der Waals surface area (Å²) in [4.78, 5) is 0. The summed E-state index contributed by atoms with van der Waals surface area (Å²) in [6.45, 7) is 0. The predicted octanol–water partition coefficient (Wildman–Crippen LogP) is 2.60. The quantitative estimate of drug-likeness (QED) is 0.808. The molecule has 0 amide bonds. The molecule has 1 N–H and O–H groups in total. The van der Waals surface area contributed by atoms with Crippen molar-refractivity contribution in [1.82, 2.24) is 5.32 Å². The molecule has 0 aromatic heterocycles. The first-order chi connectivity index (χ1) is 7.84. The van der Waals surface area contributed by atoms with Crippen molar-refractivity contribution < 1.29 is 4.21 Å². The average Bonchev–Trinajstić information content (AvgIpc) is 2.25. The summed E-state index contributed by atoms with van der Waals surface area (Å²) >= 11 is 0. The first kappa shape index (κ1) is 12.6. The monoisotopic (exact) mass is 243 g/mol. The van der Waals surface area contributed by atoms with Gasteiger partial charge in [0.1, 0.15) is 0 Å². The highest BCUT2D eigenvalue weighted by Gasteiger charge is 2.20. The smallest absolute Gasteiger partial charge is 0.0249 e. The highest BCUT2D eigenvalue weighted by atomic mass is 32.2. The van der Waals surface area contributed by atoms with Crippen molar-refractivity contribution in [1.29, 1.82) is 0 Å². The van der Waals surface area contributed by atoms with Gasteiger partial charge in [-0.2, -0.15) is 0 Å². The fourth-order valence-electron chi connectivity index (χ4n) is 2.92. The Morgan fingerprint density at radius 1 is 0.750 bits per heavy atom. The van der Waals surface area contributed by atoms with E-state index < -0.39 is 10.8 Å². The zero-order chi connectivity index (χ0) is 11.2. The Kier molecular flexibility index (Phi) is 5.30. The van der Waals surface area contributed by atoms with E-state index in [-0.39, 0.29) is 0 Å². The van der Waals surface area contributed by atoms with Gasteiger partial charge in [0.25, 0.3) is 0 Å². The maximum Gasteiger partial charge on any atom is 0.0249 e. The molecule has 2 aliphatic rings. The summed E-state index contributed by atoms with van der Waals surface area (Å²) in [6, 6.07) is 1.40. The van der Waals surface area contributed by atoms with Crippen LogP contribution in [0.3, 0.4) is 0 Å². The van der Waals surface area contributed by atoms with Crippen LogP contribution >= 0.6 is 0 Å². The maximum absolute atomic E-state index is 11.3. The Bertz CT molecular complexity index is 214. The molecule has 0 aromatic carbocycles. The molecule has 0 bridgehead atoms. The Labute approximate surface area is 102 Å². The zero-order valence-corrected chi connectivity index (χ0v) is 11.1. The normalized spacial score (nSPS) is 34.2. The molecule has 0 unspecified atom stereocenters. The molecule has 2 fully saturated rings. The molecule has 0 atom stereocenters. The van der Waals surface area contributed by atoms with E-state index in [4.69, 9.17) is 0 Å². The van der Waals surface area contributed by atoms with E-state index in [0.29, 0.717) is 6.04 Å². The molecular weight excluding hydrogens is 218 g/mol. The van der Waals surface area contributed by atoms with Crippen LogP contribution in [0.4, 0.5) is 0 Å². The van der Waals surface area contributed by atoms with Gasteiger partial charge in [0.05, 0.1) is 0 Å². The van der Waals surface area contributed by atoms with Crippen LogP contribution in [-0.4, -0.2) is 27.8 Å². The largest absolute Gasteiger partial charge is 0.311 e. The van der Waals surface area contributed by atoms with E-state index in [1.165, 1.54) is 44.9 Å². The highest BCUT2D eigenvalue weighted by Crippen LogP contribution is 2.19. The van der Waals surface area contributed by atoms with Gasteiger partial charge in [-0.1, -0.05) is 32.1 Å². The van der Waals surface area contributed by atoms with Crippen molar-refractivity contribution in [3.8, 4) is 0 Å². The van der Waals surface area contributed by atoms with E-state index in [0.717, 1.165) is 30.4 Å². The van der Waals surface area contributed by atoms with Crippen LogP contribution in [0.5, 0.6) is 0 Å². The van der Waals surface area contributed by atoms with Crippen molar-refractivity contribution in [2.75, 3.05) is 11.5 Å². The van der Waals surface area contributed by atoms with Crippen molar-refractivity contribution in [3.05, 3.63) is 0 Å². The molecule has 1 saturated heterocycles. The van der Waals surface area contributed by atoms with Crippen LogP contribution in [0, 0.1) is 0 Å². The van der Waals surface area contributed by atoms with Crippen LogP contribution in [0.25, 0.3) is 0 Å². The molecule has 0 radical (unpaired) electrons. The molecule has 16 heavy (non-hydrogen) atoms. The van der Waals surface area contributed by atoms with Crippen LogP contribution < -0.4 is 5.32 Å². The van der Waals surface area contributed by atoms with Gasteiger partial charge in [-0.15, -0.1) is 0 Å². The van der Waals surface area contributed by atoms with Crippen molar-refractivity contribution in [2.24, 2.45) is 0 Å². The molecule has 1 aliphatic heterocycles. The van der Waals surface area contributed by atoms with Crippen LogP contribution in [0.15, 0.2) is 0 Å². The van der Waals surface area contributed by atoms with Gasteiger partial charge in [-0.25, -0.2) is 0 Å². The lowest BCUT2D eigenvalue weighted by Crippen LogP contribution is -2.42. The Balaban J connectivity index is 1.72. The zero-order valence-electron chi connectivity index (χ0n) is 10.2. The van der Waals surface area contributed by atoms with Crippen LogP contribution in [-0.2, 0) is 10.8 Å². The summed E-state index contributed by atoms with van der Waals surface area (Å²) in [7, 11) is -0.514. The van der Waals surface area contributed by atoms with Gasteiger partial charge in [-0.3, -0.25) is 4.21 Å². The molecule has 1 saturated carbocycles. The Hall–Kier alpha value is 0.110. The standard InChI is InChI=1S/C13H25NOS/c15-16-10-8-13(9-11-16)14-12-6-4-2-1-3-5-7-12/h12-14H,1-11H2. The van der Waals surface area contributed by atoms with E-state index in [1.54, 1.807) is 0 Å². The lowest BCUT2D eigenvalue weighted by molar-refractivity contribution is 0.339. The lowest BCUT2D eigenvalue weighted by atomic mass is 9.95. The Morgan fingerprint density at radius 3 is 1.88 bits per heavy atom. The molecule has 0 aromatic rings. The molecule has 1 heterocycles. The molecule has 94 valence electrons. The maximum atomic E-state index is 11.3. The molecular formula is C13H25NOS. The van der Waals surface area contributed by atoms with E-state index in [2.05, 4.69) is 5.32 Å². The van der Waals surface area contributed by atoms with Crippen molar-refractivity contribution >= 4 is 10.8 Å². The van der Waals surface area contributed by atoms with Gasteiger partial charge in [0.2, 0.25) is 0 Å². The minimum atomic E-state index is -0.514. The summed E-state index contributed by atoms with van der Waals surface area (Å²) in [5.74, 6) is 1.84. The van der Waals surface area contributed by atoms with Crippen LogP contribution in [0.2, 0.25) is 0 Å². The summed E-state index contributed by atoms with van der Waals surface area (Å²) in [5.41, 5.74) is 0. The lowest BCUT2D eigenvalue weighted by Gasteiger charge is -2.29. The average molecular weight is 243 g/mol. The van der Waals surface area contributed by atoms with E-state index >= 15 is 0 Å². The van der Waals surface area contributed by atoms with E-state index in [9.17, 15) is 4.21 Å². The number of nitrogens with one attached hydrogen (secondary N) is 1. The van der Waals surface area contributed by atoms with Gasteiger partial charge < -0.3 is 5.32 Å².